The first-order chi connectivity index (χ1) is 13.5. The van der Waals surface area contributed by atoms with Crippen molar-refractivity contribution in [3.05, 3.63) is 91.4 Å². The summed E-state index contributed by atoms with van der Waals surface area (Å²) in [5, 5.41) is 20.4. The van der Waals surface area contributed by atoms with E-state index in [1.807, 2.05) is 0 Å². The summed E-state index contributed by atoms with van der Waals surface area (Å²) < 4.78 is 33.9. The van der Waals surface area contributed by atoms with Gasteiger partial charge in [0.05, 0.1) is 15.1 Å². The summed E-state index contributed by atoms with van der Waals surface area (Å²) >= 11 is 24.2. The molecule has 0 amide bonds. The average molecular weight is 494 g/mol. The Hall–Kier alpha value is -1.67. The van der Waals surface area contributed by atoms with E-state index in [0.29, 0.717) is 0 Å². The van der Waals surface area contributed by atoms with Gasteiger partial charge in [-0.25, -0.2) is 0 Å². The Morgan fingerprint density at radius 1 is 0.724 bits per heavy atom. The van der Waals surface area contributed by atoms with Crippen LogP contribution in [0.2, 0.25) is 20.1 Å². The van der Waals surface area contributed by atoms with Gasteiger partial charge in [-0.1, -0.05) is 64.6 Å². The molecule has 0 saturated carbocycles. The molecule has 152 valence electrons. The molecule has 3 N–H and O–H groups in total. The zero-order chi connectivity index (χ0) is 21.6. The predicted octanol–water partition coefficient (Wildman–Crippen LogP) is 5.89. The van der Waals surface area contributed by atoms with Gasteiger partial charge < -0.3 is 10.2 Å². The fraction of sp³-hybridized carbons (Fsp3) is 0.0526. The fourth-order valence-corrected chi connectivity index (χ4v) is 5.11. The molecule has 0 aliphatic heterocycles. The number of halogens is 4. The van der Waals surface area contributed by atoms with Gasteiger partial charge in [0.1, 0.15) is 11.5 Å². The standard InChI is InChI=1S/C19H12Cl4O5S/c20-12-3-1-2-10(6-12)19(29(26,27)28,11-4-5-14(21)15(22)7-11)13-8-16(23)18(25)9-17(13)24/h1-9,24-25H,(H,26,27,28). The van der Waals surface area contributed by atoms with Crippen LogP contribution in [0.5, 0.6) is 11.5 Å². The van der Waals surface area contributed by atoms with Gasteiger partial charge in [0, 0.05) is 16.7 Å². The van der Waals surface area contributed by atoms with E-state index in [1.165, 1.54) is 42.5 Å². The summed E-state index contributed by atoms with van der Waals surface area (Å²) in [6.45, 7) is 0. The Labute approximate surface area is 186 Å². The van der Waals surface area contributed by atoms with Crippen LogP contribution in [0.25, 0.3) is 0 Å². The van der Waals surface area contributed by atoms with Crippen LogP contribution in [-0.4, -0.2) is 23.2 Å². The molecule has 0 saturated heterocycles. The van der Waals surface area contributed by atoms with E-state index in [0.717, 1.165) is 12.1 Å². The number of benzene rings is 3. The van der Waals surface area contributed by atoms with Crippen LogP contribution in [0.3, 0.4) is 0 Å². The number of hydrogen-bond donors (Lipinski definition) is 3. The van der Waals surface area contributed by atoms with E-state index in [1.54, 1.807) is 0 Å². The first-order valence-electron chi connectivity index (χ1n) is 7.89. The first-order valence-corrected chi connectivity index (χ1v) is 10.8. The number of hydrogen-bond acceptors (Lipinski definition) is 4. The third-order valence-corrected chi connectivity index (χ3v) is 7.13. The quantitative estimate of drug-likeness (QED) is 0.311. The molecule has 0 aliphatic rings. The average Bonchev–Trinajstić information content (AvgIpc) is 2.62. The first kappa shape index (κ1) is 22.0. The maximum Gasteiger partial charge on any atom is 0.283 e. The third kappa shape index (κ3) is 3.77. The lowest BCUT2D eigenvalue weighted by atomic mass is 9.83. The zero-order valence-electron chi connectivity index (χ0n) is 14.3. The molecule has 3 aromatic carbocycles. The highest BCUT2D eigenvalue weighted by atomic mass is 35.5. The van der Waals surface area contributed by atoms with Crippen LogP contribution in [-0.2, 0) is 14.9 Å². The van der Waals surface area contributed by atoms with E-state index < -0.39 is 26.4 Å². The molecule has 0 aliphatic carbocycles. The monoisotopic (exact) mass is 492 g/mol. The van der Waals surface area contributed by atoms with Crippen LogP contribution < -0.4 is 0 Å². The molecular weight excluding hydrogens is 482 g/mol. The second-order valence-corrected chi connectivity index (χ2v) is 9.34. The van der Waals surface area contributed by atoms with Crippen molar-refractivity contribution in [2.24, 2.45) is 0 Å². The second kappa shape index (κ2) is 7.87. The van der Waals surface area contributed by atoms with Crippen molar-refractivity contribution >= 4 is 56.5 Å². The summed E-state index contributed by atoms with van der Waals surface area (Å²) in [4.78, 5) is 0. The molecule has 0 aromatic heterocycles. The predicted molar refractivity (Wildman–Crippen MR) is 114 cm³/mol. The van der Waals surface area contributed by atoms with Gasteiger partial charge in [-0.05, 0) is 41.5 Å². The Morgan fingerprint density at radius 3 is 1.97 bits per heavy atom. The molecule has 1 unspecified atom stereocenters. The van der Waals surface area contributed by atoms with Gasteiger partial charge in [0.25, 0.3) is 10.1 Å². The van der Waals surface area contributed by atoms with Crippen LogP contribution in [0.4, 0.5) is 0 Å². The largest absolute Gasteiger partial charge is 0.507 e. The van der Waals surface area contributed by atoms with Gasteiger partial charge in [-0.2, -0.15) is 8.42 Å². The summed E-state index contributed by atoms with van der Waals surface area (Å²) in [5.41, 5.74) is -0.347. The Morgan fingerprint density at radius 2 is 1.38 bits per heavy atom. The topological polar surface area (TPSA) is 94.8 Å². The molecule has 0 heterocycles. The summed E-state index contributed by atoms with van der Waals surface area (Å²) in [5.74, 6) is -1.10. The number of phenolic OH excluding ortho intramolecular Hbond substituents is 2. The lowest BCUT2D eigenvalue weighted by molar-refractivity contribution is 0.431. The highest BCUT2D eigenvalue weighted by Crippen LogP contribution is 2.50. The smallest absolute Gasteiger partial charge is 0.283 e. The van der Waals surface area contributed by atoms with Gasteiger partial charge in [0.2, 0.25) is 0 Å². The van der Waals surface area contributed by atoms with Crippen molar-refractivity contribution in [1.82, 2.24) is 0 Å². The van der Waals surface area contributed by atoms with Crippen LogP contribution >= 0.6 is 46.4 Å². The molecule has 5 nitrogen and oxygen atoms in total. The third-order valence-electron chi connectivity index (χ3n) is 4.39. The minimum absolute atomic E-state index is 0.00273. The van der Waals surface area contributed by atoms with E-state index in [-0.39, 0.29) is 36.8 Å². The zero-order valence-corrected chi connectivity index (χ0v) is 18.1. The maximum atomic E-state index is 12.9. The normalized spacial score (nSPS) is 13.8. The highest BCUT2D eigenvalue weighted by molar-refractivity contribution is 7.87. The van der Waals surface area contributed by atoms with Gasteiger partial charge in [-0.3, -0.25) is 4.55 Å². The van der Waals surface area contributed by atoms with Crippen LogP contribution in [0, 0.1) is 0 Å². The molecule has 0 bridgehead atoms. The van der Waals surface area contributed by atoms with E-state index in [9.17, 15) is 23.2 Å². The molecule has 1 atom stereocenters. The minimum atomic E-state index is -5.04. The number of rotatable bonds is 4. The molecule has 3 aromatic rings. The lowest BCUT2D eigenvalue weighted by Crippen LogP contribution is -2.38. The molecule has 0 radical (unpaired) electrons. The Balaban J connectivity index is 2.58. The molecule has 0 fully saturated rings. The summed E-state index contributed by atoms with van der Waals surface area (Å²) in [6.07, 6.45) is 0. The van der Waals surface area contributed by atoms with Gasteiger partial charge >= 0.3 is 0 Å². The van der Waals surface area contributed by atoms with Crippen LogP contribution in [0.1, 0.15) is 16.7 Å². The van der Waals surface area contributed by atoms with Crippen molar-refractivity contribution in [1.29, 1.82) is 0 Å². The minimum Gasteiger partial charge on any atom is -0.507 e. The summed E-state index contributed by atoms with van der Waals surface area (Å²) in [7, 11) is -5.04. The van der Waals surface area contributed by atoms with Crippen molar-refractivity contribution in [3.8, 4) is 11.5 Å². The fourth-order valence-electron chi connectivity index (χ4n) is 3.17. The van der Waals surface area contributed by atoms with E-state index >= 15 is 0 Å². The molecular formula is C19H12Cl4O5S. The van der Waals surface area contributed by atoms with Crippen molar-refractivity contribution < 1.29 is 23.2 Å². The highest BCUT2D eigenvalue weighted by Gasteiger charge is 2.50. The molecule has 29 heavy (non-hydrogen) atoms. The SMILES string of the molecule is O=S(=O)(O)C(c1cccc(Cl)c1)(c1ccc(Cl)c(Cl)c1)c1cc(Cl)c(O)cc1O. The Kier molecular flexibility index (Phi) is 5.98. The van der Waals surface area contributed by atoms with Gasteiger partial charge in [-0.15, -0.1) is 0 Å². The summed E-state index contributed by atoms with van der Waals surface area (Å²) in [6, 6.07) is 11.6. The van der Waals surface area contributed by atoms with Gasteiger partial charge in [0.15, 0.2) is 4.75 Å². The van der Waals surface area contributed by atoms with Crippen molar-refractivity contribution in [3.63, 3.8) is 0 Å². The maximum absolute atomic E-state index is 12.9. The number of aromatic hydroxyl groups is 2. The second-order valence-electron chi connectivity index (χ2n) is 6.12. The van der Waals surface area contributed by atoms with Crippen molar-refractivity contribution in [2.45, 2.75) is 4.75 Å². The Bertz CT molecular complexity index is 1210. The molecule has 0 spiro atoms. The molecule has 10 heteroatoms. The van der Waals surface area contributed by atoms with Crippen LogP contribution in [0.15, 0.2) is 54.6 Å². The van der Waals surface area contributed by atoms with E-state index in [2.05, 4.69) is 0 Å². The molecule has 3 rings (SSSR count). The van der Waals surface area contributed by atoms with Crippen molar-refractivity contribution in [2.75, 3.05) is 0 Å². The van der Waals surface area contributed by atoms with E-state index in [4.69, 9.17) is 46.4 Å². The number of phenols is 2. The lowest BCUT2D eigenvalue weighted by Gasteiger charge is -2.33.